The molecule has 150 valence electrons. The van der Waals surface area contributed by atoms with Crippen LogP contribution in [0.15, 0.2) is 54.6 Å². The molecule has 0 radical (unpaired) electrons. The molecular weight excluding hydrogens is 356 g/mol. The van der Waals surface area contributed by atoms with Crippen LogP contribution in [-0.4, -0.2) is 18.0 Å². The van der Waals surface area contributed by atoms with Gasteiger partial charge in [-0.25, -0.2) is 0 Å². The fraction of sp³-hybridized carbons (Fsp3) is 0.391. The number of rotatable bonds is 10. The molecule has 0 aliphatic rings. The molecule has 2 aromatic rings. The maximum absolute atomic E-state index is 11.9. The summed E-state index contributed by atoms with van der Waals surface area (Å²) < 4.78 is 16.3. The van der Waals surface area contributed by atoms with Gasteiger partial charge in [0.2, 0.25) is 0 Å². The topological polar surface area (TPSA) is 61.8 Å². The molecule has 0 saturated heterocycles. The minimum absolute atomic E-state index is 0.121. The summed E-state index contributed by atoms with van der Waals surface area (Å²) in [5, 5.41) is 0. The lowest BCUT2D eigenvalue weighted by Gasteiger charge is -2.16. The standard InChI is InChI=1S/C23H28O5/c1-17(2)18(3)27-23(25)14-8-13-22(24)26-16-19-9-7-12-21(15-19)28-20-10-5-4-6-11-20/h4-7,9-12,15,17-18H,8,13-14,16H2,1-3H3. The fourth-order valence-corrected chi connectivity index (χ4v) is 2.34. The van der Waals surface area contributed by atoms with Crippen molar-refractivity contribution in [3.05, 3.63) is 60.2 Å². The van der Waals surface area contributed by atoms with Crippen molar-refractivity contribution in [1.29, 1.82) is 0 Å². The molecule has 0 saturated carbocycles. The molecule has 1 atom stereocenters. The van der Waals surface area contributed by atoms with Crippen molar-refractivity contribution in [3.8, 4) is 11.5 Å². The van der Waals surface area contributed by atoms with Crippen LogP contribution in [-0.2, 0) is 25.7 Å². The number of hydrogen-bond donors (Lipinski definition) is 0. The summed E-state index contributed by atoms with van der Waals surface area (Å²) in [4.78, 5) is 23.6. The first-order valence-electron chi connectivity index (χ1n) is 9.61. The van der Waals surface area contributed by atoms with E-state index in [-0.39, 0.29) is 43.4 Å². The Morgan fingerprint density at radius 2 is 1.54 bits per heavy atom. The highest BCUT2D eigenvalue weighted by Gasteiger charge is 2.13. The zero-order valence-electron chi connectivity index (χ0n) is 16.7. The van der Waals surface area contributed by atoms with E-state index in [2.05, 4.69) is 0 Å². The second kappa shape index (κ2) is 11.1. The van der Waals surface area contributed by atoms with Crippen LogP contribution in [0, 0.1) is 5.92 Å². The quantitative estimate of drug-likeness (QED) is 0.522. The average molecular weight is 384 g/mol. The third-order valence-corrected chi connectivity index (χ3v) is 4.30. The Labute approximate surface area is 166 Å². The summed E-state index contributed by atoms with van der Waals surface area (Å²) in [5.41, 5.74) is 0.840. The maximum atomic E-state index is 11.9. The second-order valence-electron chi connectivity index (χ2n) is 7.02. The van der Waals surface area contributed by atoms with Gasteiger partial charge in [0.25, 0.3) is 0 Å². The van der Waals surface area contributed by atoms with E-state index in [0.717, 1.165) is 11.3 Å². The molecular formula is C23H28O5. The summed E-state index contributed by atoms with van der Waals surface area (Å²) in [7, 11) is 0. The van der Waals surface area contributed by atoms with Gasteiger partial charge in [0.05, 0.1) is 0 Å². The number of benzene rings is 2. The Bertz CT molecular complexity index is 755. The average Bonchev–Trinajstić information content (AvgIpc) is 2.67. The Balaban J connectivity index is 1.71. The van der Waals surface area contributed by atoms with Crippen LogP contribution in [0.1, 0.15) is 45.6 Å². The largest absolute Gasteiger partial charge is 0.462 e. The molecule has 0 amide bonds. The van der Waals surface area contributed by atoms with Crippen molar-refractivity contribution in [2.45, 2.75) is 52.7 Å². The van der Waals surface area contributed by atoms with Crippen LogP contribution in [0.3, 0.4) is 0 Å². The van der Waals surface area contributed by atoms with Gasteiger partial charge in [-0.15, -0.1) is 0 Å². The minimum atomic E-state index is -0.334. The molecule has 2 aromatic carbocycles. The lowest BCUT2D eigenvalue weighted by Crippen LogP contribution is -2.20. The molecule has 0 spiro atoms. The predicted molar refractivity (Wildman–Crippen MR) is 107 cm³/mol. The highest BCUT2D eigenvalue weighted by molar-refractivity contribution is 5.72. The van der Waals surface area contributed by atoms with Gasteiger partial charge in [-0.3, -0.25) is 9.59 Å². The van der Waals surface area contributed by atoms with E-state index in [1.54, 1.807) is 0 Å². The molecule has 2 rings (SSSR count). The van der Waals surface area contributed by atoms with E-state index in [1.807, 2.05) is 75.4 Å². The van der Waals surface area contributed by atoms with Crippen LogP contribution >= 0.6 is 0 Å². The van der Waals surface area contributed by atoms with Crippen LogP contribution < -0.4 is 4.74 Å². The van der Waals surface area contributed by atoms with E-state index < -0.39 is 0 Å². The number of carbonyl (C=O) groups is 2. The van der Waals surface area contributed by atoms with Crippen molar-refractivity contribution in [1.82, 2.24) is 0 Å². The summed E-state index contributed by atoms with van der Waals surface area (Å²) in [6, 6.07) is 16.9. The first-order valence-corrected chi connectivity index (χ1v) is 9.61. The van der Waals surface area contributed by atoms with Crippen LogP contribution in [0.4, 0.5) is 0 Å². The molecule has 28 heavy (non-hydrogen) atoms. The van der Waals surface area contributed by atoms with Crippen LogP contribution in [0.2, 0.25) is 0 Å². The maximum Gasteiger partial charge on any atom is 0.306 e. The molecule has 0 aliphatic carbocycles. The molecule has 0 N–H and O–H groups in total. The summed E-state index contributed by atoms with van der Waals surface area (Å²) in [6.07, 6.45) is 0.697. The molecule has 5 heteroatoms. The number of carbonyl (C=O) groups excluding carboxylic acids is 2. The van der Waals surface area contributed by atoms with E-state index in [1.165, 1.54) is 0 Å². The lowest BCUT2D eigenvalue weighted by atomic mass is 10.1. The molecule has 0 heterocycles. The summed E-state index contributed by atoms with van der Waals surface area (Å²) >= 11 is 0. The summed E-state index contributed by atoms with van der Waals surface area (Å²) in [6.45, 7) is 6.02. The summed E-state index contributed by atoms with van der Waals surface area (Å²) in [5.74, 6) is 1.09. The van der Waals surface area contributed by atoms with Gasteiger partial charge in [-0.05, 0) is 49.1 Å². The normalized spacial score (nSPS) is 11.7. The lowest BCUT2D eigenvalue weighted by molar-refractivity contribution is -0.150. The van der Waals surface area contributed by atoms with Gasteiger partial charge in [-0.2, -0.15) is 0 Å². The Hall–Kier alpha value is -2.82. The van der Waals surface area contributed by atoms with Gasteiger partial charge in [0.1, 0.15) is 24.2 Å². The SMILES string of the molecule is CC(C)C(C)OC(=O)CCCC(=O)OCc1cccc(Oc2ccccc2)c1. The van der Waals surface area contributed by atoms with Crippen molar-refractivity contribution in [2.24, 2.45) is 5.92 Å². The first kappa shape index (κ1) is 21.5. The Kier molecular flexibility index (Phi) is 8.53. The number of hydrogen-bond acceptors (Lipinski definition) is 5. The van der Waals surface area contributed by atoms with E-state index in [0.29, 0.717) is 12.2 Å². The zero-order chi connectivity index (χ0) is 20.4. The third kappa shape index (κ3) is 7.82. The van der Waals surface area contributed by atoms with E-state index in [4.69, 9.17) is 14.2 Å². The first-order chi connectivity index (χ1) is 13.4. The molecule has 0 bridgehead atoms. The molecule has 0 aliphatic heterocycles. The molecule has 0 fully saturated rings. The number of ether oxygens (including phenoxy) is 3. The smallest absolute Gasteiger partial charge is 0.306 e. The molecule has 0 aromatic heterocycles. The monoisotopic (exact) mass is 384 g/mol. The Morgan fingerprint density at radius 1 is 0.857 bits per heavy atom. The Morgan fingerprint density at radius 3 is 2.25 bits per heavy atom. The van der Waals surface area contributed by atoms with E-state index in [9.17, 15) is 9.59 Å². The zero-order valence-corrected chi connectivity index (χ0v) is 16.7. The van der Waals surface area contributed by atoms with Gasteiger partial charge in [-0.1, -0.05) is 44.2 Å². The molecule has 1 unspecified atom stereocenters. The fourth-order valence-electron chi connectivity index (χ4n) is 2.34. The van der Waals surface area contributed by atoms with Gasteiger partial charge in [0.15, 0.2) is 0 Å². The van der Waals surface area contributed by atoms with Gasteiger partial charge < -0.3 is 14.2 Å². The number of esters is 2. The van der Waals surface area contributed by atoms with Crippen molar-refractivity contribution in [2.75, 3.05) is 0 Å². The van der Waals surface area contributed by atoms with Crippen molar-refractivity contribution < 1.29 is 23.8 Å². The second-order valence-corrected chi connectivity index (χ2v) is 7.02. The van der Waals surface area contributed by atoms with Gasteiger partial charge in [0, 0.05) is 12.8 Å². The van der Waals surface area contributed by atoms with Crippen molar-refractivity contribution in [3.63, 3.8) is 0 Å². The number of para-hydroxylation sites is 1. The third-order valence-electron chi connectivity index (χ3n) is 4.30. The minimum Gasteiger partial charge on any atom is -0.462 e. The van der Waals surface area contributed by atoms with E-state index >= 15 is 0 Å². The molecule has 5 nitrogen and oxygen atoms in total. The highest BCUT2D eigenvalue weighted by atomic mass is 16.5. The van der Waals surface area contributed by atoms with Gasteiger partial charge >= 0.3 is 11.9 Å². The predicted octanol–water partition coefficient (Wildman–Crippen LogP) is 5.28. The van der Waals surface area contributed by atoms with Crippen LogP contribution in [0.25, 0.3) is 0 Å². The van der Waals surface area contributed by atoms with Crippen LogP contribution in [0.5, 0.6) is 11.5 Å². The van der Waals surface area contributed by atoms with Crippen molar-refractivity contribution >= 4 is 11.9 Å². The highest BCUT2D eigenvalue weighted by Crippen LogP contribution is 2.22.